The minimum Gasteiger partial charge on any atom is -0.453 e. The van der Waals surface area contributed by atoms with E-state index in [1.807, 2.05) is 21.9 Å². The third kappa shape index (κ3) is 6.13. The molecule has 4 fully saturated rings. The SMILES string of the molecule is COC(=O)N[C@H]1CC[C@H]2CC[C@@H](c3nc4ccc(-c5ccc(-c6ccc7nc([C@@H]8CCCN8C(=O)C8(NC(=O)OC)CCC8)[nH]c7c6)cc5)cc4[nH]3)N2C1=O. The lowest BCUT2D eigenvalue weighted by Crippen LogP contribution is -2.63. The second-order valence-corrected chi connectivity index (χ2v) is 15.3. The van der Waals surface area contributed by atoms with Crippen LogP contribution in [0, 0.1) is 0 Å². The zero-order chi connectivity index (χ0) is 37.8. The number of aromatic nitrogens is 4. The Balaban J connectivity index is 0.908. The predicted octanol–water partition coefficient (Wildman–Crippen LogP) is 6.27. The van der Waals surface area contributed by atoms with E-state index in [4.69, 9.17) is 19.4 Å². The molecule has 3 aromatic carbocycles. The third-order valence-corrected chi connectivity index (χ3v) is 12.2. The maximum Gasteiger partial charge on any atom is 0.407 e. The lowest BCUT2D eigenvalue weighted by atomic mass is 9.75. The van der Waals surface area contributed by atoms with E-state index in [9.17, 15) is 19.2 Å². The summed E-state index contributed by atoms with van der Waals surface area (Å²) in [7, 11) is 2.62. The summed E-state index contributed by atoms with van der Waals surface area (Å²) in [5, 5.41) is 5.51. The highest BCUT2D eigenvalue weighted by atomic mass is 16.5. The molecule has 3 aliphatic heterocycles. The van der Waals surface area contributed by atoms with Gasteiger partial charge in [-0.25, -0.2) is 19.6 Å². The summed E-state index contributed by atoms with van der Waals surface area (Å²) in [6, 6.07) is 20.0. The van der Waals surface area contributed by atoms with Crippen molar-refractivity contribution >= 4 is 46.1 Å². The number of aromatic amines is 2. The van der Waals surface area contributed by atoms with Gasteiger partial charge in [-0.15, -0.1) is 0 Å². The molecule has 0 spiro atoms. The number of alkyl carbamates (subject to hydrolysis) is 2. The fourth-order valence-corrected chi connectivity index (χ4v) is 9.09. The number of imidazole rings is 2. The monoisotopic (exact) mass is 744 g/mol. The molecule has 0 bridgehead atoms. The second-order valence-electron chi connectivity index (χ2n) is 15.3. The van der Waals surface area contributed by atoms with E-state index in [1.165, 1.54) is 14.2 Å². The van der Waals surface area contributed by atoms with Crippen LogP contribution in [0.4, 0.5) is 9.59 Å². The van der Waals surface area contributed by atoms with Gasteiger partial charge in [0.05, 0.1) is 48.4 Å². The Kier molecular flexibility index (Phi) is 8.70. The third-order valence-electron chi connectivity index (χ3n) is 12.2. The minimum atomic E-state index is -0.903. The maximum absolute atomic E-state index is 13.8. The first kappa shape index (κ1) is 34.8. The van der Waals surface area contributed by atoms with Crippen molar-refractivity contribution in [3.8, 4) is 22.3 Å². The molecule has 1 saturated carbocycles. The van der Waals surface area contributed by atoms with Gasteiger partial charge in [0, 0.05) is 12.6 Å². The average molecular weight is 745 g/mol. The molecular formula is C41H44N8O6. The zero-order valence-corrected chi connectivity index (χ0v) is 30.9. The molecule has 1 aliphatic carbocycles. The van der Waals surface area contributed by atoms with Crippen LogP contribution in [0.2, 0.25) is 0 Å². The molecule has 55 heavy (non-hydrogen) atoms. The van der Waals surface area contributed by atoms with Gasteiger partial charge < -0.3 is 39.9 Å². The van der Waals surface area contributed by atoms with Gasteiger partial charge in [0.15, 0.2) is 0 Å². The van der Waals surface area contributed by atoms with Gasteiger partial charge in [0.1, 0.15) is 23.2 Å². The summed E-state index contributed by atoms with van der Waals surface area (Å²) in [5.74, 6) is 1.37. The molecule has 14 nitrogen and oxygen atoms in total. The van der Waals surface area contributed by atoms with Crippen LogP contribution in [0.3, 0.4) is 0 Å². The number of fused-ring (bicyclic) bond motifs is 3. The molecule has 0 unspecified atom stereocenters. The number of benzene rings is 3. The van der Waals surface area contributed by atoms with Gasteiger partial charge in [-0.05, 0) is 104 Å². The van der Waals surface area contributed by atoms with Crippen LogP contribution in [-0.2, 0) is 19.1 Å². The van der Waals surface area contributed by atoms with E-state index in [-0.39, 0.29) is 29.9 Å². The maximum atomic E-state index is 13.8. The van der Waals surface area contributed by atoms with Gasteiger partial charge >= 0.3 is 12.2 Å². The fourth-order valence-electron chi connectivity index (χ4n) is 9.09. The lowest BCUT2D eigenvalue weighted by Gasteiger charge is -2.43. The molecule has 3 saturated heterocycles. The van der Waals surface area contributed by atoms with Crippen LogP contribution in [0.15, 0.2) is 60.7 Å². The molecular weight excluding hydrogens is 701 g/mol. The van der Waals surface area contributed by atoms with Gasteiger partial charge in [0.25, 0.3) is 0 Å². The molecule has 5 aromatic rings. The van der Waals surface area contributed by atoms with Crippen molar-refractivity contribution < 1.29 is 28.7 Å². The number of piperidine rings is 1. The Hall–Kier alpha value is -5.92. The number of hydrogen-bond donors (Lipinski definition) is 4. The van der Waals surface area contributed by atoms with Crippen molar-refractivity contribution in [3.05, 3.63) is 72.3 Å². The first-order valence-corrected chi connectivity index (χ1v) is 19.2. The Labute approximate surface area is 317 Å². The number of carbonyl (C=O) groups is 4. The Morgan fingerprint density at radius 1 is 0.727 bits per heavy atom. The van der Waals surface area contributed by atoms with Crippen LogP contribution in [-0.4, -0.2) is 92.1 Å². The van der Waals surface area contributed by atoms with Crippen LogP contribution in [0.1, 0.15) is 81.5 Å². The number of amides is 4. The first-order chi connectivity index (χ1) is 26.7. The van der Waals surface area contributed by atoms with Crippen molar-refractivity contribution in [2.45, 2.75) is 87.5 Å². The van der Waals surface area contributed by atoms with E-state index < -0.39 is 23.8 Å². The van der Waals surface area contributed by atoms with Gasteiger partial charge in [-0.1, -0.05) is 36.4 Å². The molecule has 0 radical (unpaired) electrons. The lowest BCUT2D eigenvalue weighted by molar-refractivity contribution is -0.143. The highest BCUT2D eigenvalue weighted by Crippen LogP contribution is 2.42. The number of carbonyl (C=O) groups excluding carboxylic acids is 4. The summed E-state index contributed by atoms with van der Waals surface area (Å²) in [5.41, 5.74) is 6.79. The number of likely N-dealkylation sites (tertiary alicyclic amines) is 1. The molecule has 2 aromatic heterocycles. The van der Waals surface area contributed by atoms with Crippen LogP contribution < -0.4 is 10.6 Å². The Morgan fingerprint density at radius 3 is 1.89 bits per heavy atom. The normalized spacial score (nSPS) is 23.1. The molecule has 14 heteroatoms. The zero-order valence-electron chi connectivity index (χ0n) is 30.9. The van der Waals surface area contributed by atoms with Crippen LogP contribution >= 0.6 is 0 Å². The highest BCUT2D eigenvalue weighted by Gasteiger charge is 2.50. The molecule has 4 atom stereocenters. The molecule has 5 heterocycles. The van der Waals surface area contributed by atoms with Crippen molar-refractivity contribution in [1.82, 2.24) is 40.4 Å². The second kappa shape index (κ2) is 13.7. The fraction of sp³-hybridized carbons (Fsp3) is 0.415. The summed E-state index contributed by atoms with van der Waals surface area (Å²) >= 11 is 0. The number of hydrogen-bond acceptors (Lipinski definition) is 8. The minimum absolute atomic E-state index is 0.0644. The number of nitrogens with zero attached hydrogens (tertiary/aromatic N) is 4. The van der Waals surface area contributed by atoms with E-state index in [2.05, 4.69) is 69.1 Å². The average Bonchev–Trinajstić information content (AvgIpc) is 4.01. The highest BCUT2D eigenvalue weighted by molar-refractivity contribution is 5.92. The van der Waals surface area contributed by atoms with Crippen LogP contribution in [0.5, 0.6) is 0 Å². The summed E-state index contributed by atoms with van der Waals surface area (Å²) < 4.78 is 9.56. The summed E-state index contributed by atoms with van der Waals surface area (Å²) in [6.07, 6.45) is 5.74. The standard InChI is InChI=1S/C41H44N8O6/c1-54-39(52)46-30-16-12-27-13-17-34(49(27)37(30)50)36-43-29-15-11-26(22-32(29)45-36)24-8-6-23(7-9-24)25-10-14-28-31(21-25)44-35(42-28)33-5-3-20-48(33)38(51)41(18-4-19-41)47-40(53)55-2/h6-11,14-15,21-22,27,30,33-34H,3-5,12-13,16-20H2,1-2H3,(H,42,44)(H,43,45)(H,46,52)(H,47,53)/t27-,30-,33-,34-/m0/s1. The summed E-state index contributed by atoms with van der Waals surface area (Å²) in [6.45, 7) is 0.621. The number of ether oxygens (including phenoxy) is 2. The largest absolute Gasteiger partial charge is 0.453 e. The summed E-state index contributed by atoms with van der Waals surface area (Å²) in [4.78, 5) is 71.7. The number of methoxy groups -OCH3 is 2. The number of rotatable bonds is 7. The predicted molar refractivity (Wildman–Crippen MR) is 204 cm³/mol. The topological polar surface area (TPSA) is 175 Å². The Morgan fingerprint density at radius 2 is 1.31 bits per heavy atom. The molecule has 4 amide bonds. The van der Waals surface area contributed by atoms with E-state index >= 15 is 0 Å². The Bertz CT molecular complexity index is 2310. The van der Waals surface area contributed by atoms with E-state index in [0.717, 1.165) is 94.5 Å². The molecule has 4 N–H and O–H groups in total. The van der Waals surface area contributed by atoms with E-state index in [1.54, 1.807) is 0 Å². The first-order valence-electron chi connectivity index (χ1n) is 19.2. The van der Waals surface area contributed by atoms with Crippen molar-refractivity contribution in [3.63, 3.8) is 0 Å². The van der Waals surface area contributed by atoms with Crippen molar-refractivity contribution in [2.24, 2.45) is 0 Å². The smallest absolute Gasteiger partial charge is 0.407 e. The molecule has 9 rings (SSSR count). The van der Waals surface area contributed by atoms with Crippen molar-refractivity contribution in [1.29, 1.82) is 0 Å². The van der Waals surface area contributed by atoms with Crippen molar-refractivity contribution in [2.75, 3.05) is 20.8 Å². The van der Waals surface area contributed by atoms with Gasteiger partial charge in [-0.3, -0.25) is 9.59 Å². The number of nitrogens with one attached hydrogen (secondary N) is 4. The van der Waals surface area contributed by atoms with Crippen LogP contribution in [0.25, 0.3) is 44.3 Å². The van der Waals surface area contributed by atoms with E-state index in [0.29, 0.717) is 25.8 Å². The van der Waals surface area contributed by atoms with Gasteiger partial charge in [0.2, 0.25) is 11.8 Å². The molecule has 4 aliphatic rings. The number of H-pyrrole nitrogens is 2. The quantitative estimate of drug-likeness (QED) is 0.151. The molecule has 284 valence electrons. The van der Waals surface area contributed by atoms with Gasteiger partial charge in [-0.2, -0.15) is 0 Å².